The predicted octanol–water partition coefficient (Wildman–Crippen LogP) is 0.818. The minimum atomic E-state index is -0.915. The van der Waals surface area contributed by atoms with E-state index in [0.29, 0.717) is 16.0 Å². The normalized spacial score (nSPS) is 10.1. The van der Waals surface area contributed by atoms with Gasteiger partial charge in [-0.3, -0.25) is 4.79 Å². The molecule has 0 atom stereocenters. The number of nitrogens with zero attached hydrogens (tertiary/aromatic N) is 2. The van der Waals surface area contributed by atoms with Gasteiger partial charge in [0.2, 0.25) is 5.88 Å². The summed E-state index contributed by atoms with van der Waals surface area (Å²) >= 11 is 3.22. The van der Waals surface area contributed by atoms with Crippen molar-refractivity contribution in [1.82, 2.24) is 9.78 Å². The Balaban J connectivity index is 3.03. The lowest BCUT2D eigenvalue weighted by molar-refractivity contribution is -0.136. The van der Waals surface area contributed by atoms with Crippen LogP contribution in [0.2, 0.25) is 0 Å². The van der Waals surface area contributed by atoms with Crippen LogP contribution in [0.25, 0.3) is 0 Å². The van der Waals surface area contributed by atoms with Gasteiger partial charge in [0.25, 0.3) is 0 Å². The third-order valence-corrected chi connectivity index (χ3v) is 2.31. The van der Waals surface area contributed by atoms with E-state index in [9.17, 15) is 4.79 Å². The monoisotopic (exact) mass is 248 g/mol. The summed E-state index contributed by atoms with van der Waals surface area (Å²) < 4.78 is 7.08. The average Bonchev–Trinajstić information content (AvgIpc) is 2.26. The van der Waals surface area contributed by atoms with Gasteiger partial charge < -0.3 is 9.84 Å². The molecule has 1 heterocycles. The van der Waals surface area contributed by atoms with E-state index in [2.05, 4.69) is 21.0 Å². The number of aliphatic carboxylic acids is 1. The van der Waals surface area contributed by atoms with Gasteiger partial charge in [-0.2, -0.15) is 5.10 Å². The Kier molecular flexibility index (Phi) is 2.92. The summed E-state index contributed by atoms with van der Waals surface area (Å²) in [5.41, 5.74) is 0.465. The molecule has 0 radical (unpaired) electrons. The highest BCUT2D eigenvalue weighted by Gasteiger charge is 2.16. The lowest BCUT2D eigenvalue weighted by atomic mass is 10.3. The second kappa shape index (κ2) is 3.78. The van der Waals surface area contributed by atoms with Crippen LogP contribution in [0.15, 0.2) is 4.47 Å². The molecule has 1 aromatic heterocycles. The van der Waals surface area contributed by atoms with Crippen LogP contribution in [-0.4, -0.2) is 28.0 Å². The number of hydrogen-bond donors (Lipinski definition) is 1. The highest BCUT2D eigenvalue weighted by molar-refractivity contribution is 9.10. The maximum atomic E-state index is 10.4. The number of hydrogen-bond acceptors (Lipinski definition) is 3. The maximum Gasteiger partial charge on any atom is 0.309 e. The second-order valence-electron chi connectivity index (χ2n) is 2.46. The molecular formula is C7H9BrN2O3. The van der Waals surface area contributed by atoms with Crippen LogP contribution in [0.3, 0.4) is 0 Å². The van der Waals surface area contributed by atoms with Crippen LogP contribution in [0.1, 0.15) is 5.69 Å². The summed E-state index contributed by atoms with van der Waals surface area (Å²) in [6, 6.07) is 0. The highest BCUT2D eigenvalue weighted by Crippen LogP contribution is 2.27. The molecule has 0 saturated carbocycles. The van der Waals surface area contributed by atoms with Crippen molar-refractivity contribution in [1.29, 1.82) is 0 Å². The molecule has 0 spiro atoms. The fraction of sp³-hybridized carbons (Fsp3) is 0.429. The molecule has 5 nitrogen and oxygen atoms in total. The van der Waals surface area contributed by atoms with Gasteiger partial charge >= 0.3 is 5.97 Å². The van der Waals surface area contributed by atoms with Crippen molar-refractivity contribution >= 4 is 21.9 Å². The maximum absolute atomic E-state index is 10.4. The molecule has 0 aromatic carbocycles. The first-order chi connectivity index (χ1) is 6.06. The van der Waals surface area contributed by atoms with Gasteiger partial charge in [-0.25, -0.2) is 4.68 Å². The standard InChI is InChI=1S/C7H9BrN2O3/c1-10-7(13-2)6(8)4(9-10)3-5(11)12/h3H2,1-2H3,(H,11,12). The van der Waals surface area contributed by atoms with E-state index in [0.717, 1.165) is 0 Å². The van der Waals surface area contributed by atoms with Crippen molar-refractivity contribution in [3.8, 4) is 5.88 Å². The largest absolute Gasteiger partial charge is 0.481 e. The Morgan fingerprint density at radius 3 is 2.77 bits per heavy atom. The Bertz CT molecular complexity index is 335. The second-order valence-corrected chi connectivity index (χ2v) is 3.26. The lowest BCUT2D eigenvalue weighted by Gasteiger charge is -1.97. The molecule has 0 amide bonds. The fourth-order valence-corrected chi connectivity index (χ4v) is 1.65. The molecule has 72 valence electrons. The molecule has 0 saturated heterocycles. The number of halogens is 1. The summed E-state index contributed by atoms with van der Waals surface area (Å²) in [5, 5.41) is 12.5. The van der Waals surface area contributed by atoms with Crippen molar-refractivity contribution in [2.75, 3.05) is 7.11 Å². The third-order valence-electron chi connectivity index (χ3n) is 1.52. The number of aryl methyl sites for hydroxylation is 1. The zero-order valence-corrected chi connectivity index (χ0v) is 8.83. The number of aromatic nitrogens is 2. The summed E-state index contributed by atoms with van der Waals surface area (Å²) in [6.07, 6.45) is -0.113. The van der Waals surface area contributed by atoms with Crippen LogP contribution in [0.5, 0.6) is 5.88 Å². The molecule has 1 rings (SSSR count). The number of carboxylic acids is 1. The smallest absolute Gasteiger partial charge is 0.309 e. The molecule has 0 unspecified atom stereocenters. The fourth-order valence-electron chi connectivity index (χ4n) is 1.01. The number of rotatable bonds is 3. The lowest BCUT2D eigenvalue weighted by Crippen LogP contribution is -2.02. The van der Waals surface area contributed by atoms with Crippen molar-refractivity contribution in [2.24, 2.45) is 7.05 Å². The van der Waals surface area contributed by atoms with Crippen LogP contribution in [0, 0.1) is 0 Å². The number of carbonyl (C=O) groups is 1. The molecule has 0 aliphatic heterocycles. The van der Waals surface area contributed by atoms with E-state index in [4.69, 9.17) is 9.84 Å². The number of ether oxygens (including phenoxy) is 1. The Morgan fingerprint density at radius 1 is 1.77 bits per heavy atom. The molecule has 0 bridgehead atoms. The van der Waals surface area contributed by atoms with Crippen molar-refractivity contribution < 1.29 is 14.6 Å². The summed E-state index contributed by atoms with van der Waals surface area (Å²) in [6.45, 7) is 0. The highest BCUT2D eigenvalue weighted by atomic mass is 79.9. The van der Waals surface area contributed by atoms with E-state index in [1.165, 1.54) is 11.8 Å². The molecule has 0 aliphatic rings. The van der Waals surface area contributed by atoms with Crippen LogP contribution < -0.4 is 4.74 Å². The van der Waals surface area contributed by atoms with Crippen LogP contribution in [-0.2, 0) is 18.3 Å². The minimum absolute atomic E-state index is 0.113. The van der Waals surface area contributed by atoms with Crippen molar-refractivity contribution in [3.63, 3.8) is 0 Å². The number of carboxylic acid groups (broad SMARTS) is 1. The summed E-state index contributed by atoms with van der Waals surface area (Å²) in [7, 11) is 3.20. The van der Waals surface area contributed by atoms with Gasteiger partial charge in [-0.05, 0) is 15.9 Å². The minimum Gasteiger partial charge on any atom is -0.481 e. The van der Waals surface area contributed by atoms with Crippen LogP contribution in [0.4, 0.5) is 0 Å². The van der Waals surface area contributed by atoms with Gasteiger partial charge in [-0.15, -0.1) is 0 Å². The molecule has 0 fully saturated rings. The van der Waals surface area contributed by atoms with Crippen molar-refractivity contribution in [2.45, 2.75) is 6.42 Å². The summed E-state index contributed by atoms with van der Waals surface area (Å²) in [4.78, 5) is 10.4. The quantitative estimate of drug-likeness (QED) is 0.861. The van der Waals surface area contributed by atoms with Gasteiger partial charge in [0.1, 0.15) is 4.47 Å². The Labute approximate surface area is 83.4 Å². The molecule has 13 heavy (non-hydrogen) atoms. The topological polar surface area (TPSA) is 64.3 Å². The van der Waals surface area contributed by atoms with Gasteiger partial charge in [0.05, 0.1) is 19.2 Å². The van der Waals surface area contributed by atoms with Crippen LogP contribution >= 0.6 is 15.9 Å². The first-order valence-electron chi connectivity index (χ1n) is 3.53. The average molecular weight is 249 g/mol. The van der Waals surface area contributed by atoms with E-state index in [1.807, 2.05) is 0 Å². The van der Waals surface area contributed by atoms with E-state index in [1.54, 1.807) is 7.05 Å². The van der Waals surface area contributed by atoms with E-state index < -0.39 is 5.97 Å². The van der Waals surface area contributed by atoms with E-state index >= 15 is 0 Å². The molecule has 6 heteroatoms. The molecule has 0 aliphatic carbocycles. The van der Waals surface area contributed by atoms with Gasteiger partial charge in [0.15, 0.2) is 0 Å². The zero-order chi connectivity index (χ0) is 10.0. The van der Waals surface area contributed by atoms with Gasteiger partial charge in [-0.1, -0.05) is 0 Å². The van der Waals surface area contributed by atoms with Gasteiger partial charge in [0, 0.05) is 7.05 Å². The zero-order valence-electron chi connectivity index (χ0n) is 7.24. The Hall–Kier alpha value is -1.04. The summed E-state index contributed by atoms with van der Waals surface area (Å²) in [5.74, 6) is -0.391. The number of methoxy groups -OCH3 is 1. The predicted molar refractivity (Wildman–Crippen MR) is 48.8 cm³/mol. The van der Waals surface area contributed by atoms with Crippen molar-refractivity contribution in [3.05, 3.63) is 10.2 Å². The molecule has 1 N–H and O–H groups in total. The third kappa shape index (κ3) is 2.00. The van der Waals surface area contributed by atoms with E-state index in [-0.39, 0.29) is 6.42 Å². The Morgan fingerprint density at radius 2 is 2.38 bits per heavy atom. The molecular weight excluding hydrogens is 240 g/mol. The molecule has 1 aromatic rings. The SMILES string of the molecule is COc1c(Br)c(CC(=O)O)nn1C. The first-order valence-corrected chi connectivity index (χ1v) is 4.32. The first kappa shape index (κ1) is 10.0.